The number of amides is 1. The van der Waals surface area contributed by atoms with Gasteiger partial charge in [-0.05, 0) is 42.0 Å². The van der Waals surface area contributed by atoms with E-state index in [4.69, 9.17) is 26.3 Å². The lowest BCUT2D eigenvalue weighted by Crippen LogP contribution is -2.40. The summed E-state index contributed by atoms with van der Waals surface area (Å²) >= 11 is 5.86. The first-order valence-electron chi connectivity index (χ1n) is 9.82. The van der Waals surface area contributed by atoms with Gasteiger partial charge in [0.25, 0.3) is 5.91 Å². The summed E-state index contributed by atoms with van der Waals surface area (Å²) in [5.41, 5.74) is 1.02. The molecule has 1 saturated heterocycles. The summed E-state index contributed by atoms with van der Waals surface area (Å²) in [7, 11) is -3.60. The van der Waals surface area contributed by atoms with Gasteiger partial charge in [-0.15, -0.1) is 0 Å². The van der Waals surface area contributed by atoms with Gasteiger partial charge in [0.2, 0.25) is 10.0 Å². The number of ether oxygens (including phenoxy) is 2. The number of hydrogen-bond acceptors (Lipinski definition) is 7. The maximum Gasteiger partial charge on any atom is 0.331 e. The molecule has 1 N–H and O–H groups in total. The zero-order valence-electron chi connectivity index (χ0n) is 17.4. The molecule has 1 aliphatic rings. The van der Waals surface area contributed by atoms with Crippen LogP contribution in [-0.4, -0.2) is 57.5 Å². The SMILES string of the molecule is N#Cc1ccc(Cl)cc1NC(=O)COC(=O)/C=C/c1ccc(S(=O)(=O)N2CCOCC2)cc1. The number of nitrogens with one attached hydrogen (secondary N) is 1. The van der Waals surface area contributed by atoms with Crippen molar-refractivity contribution in [3.63, 3.8) is 0 Å². The molecule has 2 aromatic rings. The smallest absolute Gasteiger partial charge is 0.331 e. The van der Waals surface area contributed by atoms with E-state index in [-0.39, 0.29) is 16.1 Å². The third-order valence-corrected chi connectivity index (χ3v) is 6.77. The maximum atomic E-state index is 12.6. The van der Waals surface area contributed by atoms with E-state index in [9.17, 15) is 18.0 Å². The summed E-state index contributed by atoms with van der Waals surface area (Å²) in [6, 6.07) is 12.4. The van der Waals surface area contributed by atoms with Gasteiger partial charge < -0.3 is 14.8 Å². The number of morpholine rings is 1. The van der Waals surface area contributed by atoms with Gasteiger partial charge in [-0.25, -0.2) is 13.2 Å². The Morgan fingerprint density at radius 1 is 1.18 bits per heavy atom. The van der Waals surface area contributed by atoms with E-state index in [1.165, 1.54) is 40.7 Å². The summed E-state index contributed by atoms with van der Waals surface area (Å²) in [5.74, 6) is -1.39. The van der Waals surface area contributed by atoms with Gasteiger partial charge in [0.05, 0.1) is 29.4 Å². The number of esters is 1. The van der Waals surface area contributed by atoms with E-state index < -0.39 is 28.5 Å². The average molecular weight is 490 g/mol. The molecule has 0 saturated carbocycles. The molecule has 1 amide bonds. The molecule has 33 heavy (non-hydrogen) atoms. The molecule has 3 rings (SSSR count). The molecule has 1 fully saturated rings. The Morgan fingerprint density at radius 2 is 1.88 bits per heavy atom. The molecule has 0 aliphatic carbocycles. The number of benzene rings is 2. The highest BCUT2D eigenvalue weighted by molar-refractivity contribution is 7.89. The van der Waals surface area contributed by atoms with Crippen LogP contribution in [0.15, 0.2) is 53.4 Å². The van der Waals surface area contributed by atoms with Crippen molar-refractivity contribution in [3.05, 3.63) is 64.7 Å². The summed E-state index contributed by atoms with van der Waals surface area (Å²) in [6.45, 7) is 0.770. The minimum Gasteiger partial charge on any atom is -0.452 e. The van der Waals surface area contributed by atoms with Crippen molar-refractivity contribution in [1.82, 2.24) is 4.31 Å². The van der Waals surface area contributed by atoms with Crippen molar-refractivity contribution in [1.29, 1.82) is 5.26 Å². The van der Waals surface area contributed by atoms with Gasteiger partial charge >= 0.3 is 5.97 Å². The maximum absolute atomic E-state index is 12.6. The zero-order chi connectivity index (χ0) is 23.8. The lowest BCUT2D eigenvalue weighted by molar-refractivity contribution is -0.142. The summed E-state index contributed by atoms with van der Waals surface area (Å²) in [4.78, 5) is 24.1. The van der Waals surface area contributed by atoms with E-state index in [0.717, 1.165) is 6.08 Å². The van der Waals surface area contributed by atoms with Gasteiger partial charge in [-0.3, -0.25) is 4.79 Å². The Morgan fingerprint density at radius 3 is 2.55 bits per heavy atom. The average Bonchev–Trinajstić information content (AvgIpc) is 2.82. The molecule has 0 unspecified atom stereocenters. The van der Waals surface area contributed by atoms with Crippen LogP contribution in [-0.2, 0) is 29.1 Å². The van der Waals surface area contributed by atoms with Crippen molar-refractivity contribution < 1.29 is 27.5 Å². The van der Waals surface area contributed by atoms with Crippen molar-refractivity contribution in [3.8, 4) is 6.07 Å². The molecule has 0 bridgehead atoms. The van der Waals surface area contributed by atoms with Gasteiger partial charge in [-0.1, -0.05) is 23.7 Å². The summed E-state index contributed by atoms with van der Waals surface area (Å²) < 4.78 is 36.7. The third-order valence-electron chi connectivity index (χ3n) is 4.62. The lowest BCUT2D eigenvalue weighted by atomic mass is 10.2. The lowest BCUT2D eigenvalue weighted by Gasteiger charge is -2.26. The first-order chi connectivity index (χ1) is 15.8. The van der Waals surface area contributed by atoms with Crippen molar-refractivity contribution in [2.24, 2.45) is 0 Å². The molecular weight excluding hydrogens is 470 g/mol. The van der Waals surface area contributed by atoms with Gasteiger partial charge in [0.15, 0.2) is 6.61 Å². The molecule has 11 heteroatoms. The number of anilines is 1. The zero-order valence-corrected chi connectivity index (χ0v) is 18.9. The second-order valence-corrected chi connectivity index (χ2v) is 9.25. The largest absolute Gasteiger partial charge is 0.452 e. The van der Waals surface area contributed by atoms with E-state index >= 15 is 0 Å². The number of sulfonamides is 1. The van der Waals surface area contributed by atoms with Crippen LogP contribution in [0.5, 0.6) is 0 Å². The number of nitriles is 1. The van der Waals surface area contributed by atoms with Crippen molar-refractivity contribution in [2.75, 3.05) is 38.2 Å². The number of carbonyl (C=O) groups excluding carboxylic acids is 2. The van der Waals surface area contributed by atoms with Crippen LogP contribution in [0.2, 0.25) is 5.02 Å². The predicted molar refractivity (Wildman–Crippen MR) is 121 cm³/mol. The number of rotatable bonds is 7. The second kappa shape index (κ2) is 11.1. The Bertz CT molecular complexity index is 1200. The molecule has 0 atom stereocenters. The Labute approximate surface area is 196 Å². The van der Waals surface area contributed by atoms with Crippen LogP contribution >= 0.6 is 11.6 Å². The first-order valence-corrected chi connectivity index (χ1v) is 11.6. The third kappa shape index (κ3) is 6.63. The van der Waals surface area contributed by atoms with Gasteiger partial charge in [0, 0.05) is 24.2 Å². The fraction of sp³-hybridized carbons (Fsp3) is 0.227. The van der Waals surface area contributed by atoms with Crippen LogP contribution in [0.1, 0.15) is 11.1 Å². The van der Waals surface area contributed by atoms with Gasteiger partial charge in [0.1, 0.15) is 6.07 Å². The highest BCUT2D eigenvalue weighted by atomic mass is 35.5. The van der Waals surface area contributed by atoms with Crippen LogP contribution in [0, 0.1) is 11.3 Å². The highest BCUT2D eigenvalue weighted by Crippen LogP contribution is 2.20. The molecule has 172 valence electrons. The molecule has 0 spiro atoms. The molecular formula is C22H20ClN3O6S. The molecule has 1 aliphatic heterocycles. The first kappa shape index (κ1) is 24.4. The summed E-state index contributed by atoms with van der Waals surface area (Å²) in [5, 5.41) is 11.9. The number of nitrogens with zero attached hydrogens (tertiary/aromatic N) is 2. The van der Waals surface area contributed by atoms with Crippen LogP contribution in [0.4, 0.5) is 5.69 Å². The monoisotopic (exact) mass is 489 g/mol. The number of hydrogen-bond donors (Lipinski definition) is 1. The van der Waals surface area contributed by atoms with Crippen LogP contribution in [0.3, 0.4) is 0 Å². The Hall–Kier alpha value is -3.23. The minimum atomic E-state index is -3.60. The standard InChI is InChI=1S/C22H20ClN3O6S/c23-18-5-4-17(14-24)20(13-18)25-21(27)15-32-22(28)8-3-16-1-6-19(7-2-16)33(29,30)26-9-11-31-12-10-26/h1-8,13H,9-12,15H2,(H,25,27)/b8-3+. The molecule has 0 aromatic heterocycles. The molecule has 1 heterocycles. The Balaban J connectivity index is 1.53. The number of carbonyl (C=O) groups is 2. The Kier molecular flexibility index (Phi) is 8.19. The van der Waals surface area contributed by atoms with Crippen molar-refractivity contribution >= 4 is 45.3 Å². The van der Waals surface area contributed by atoms with Gasteiger partial charge in [-0.2, -0.15) is 9.57 Å². The van der Waals surface area contributed by atoms with Crippen molar-refractivity contribution in [2.45, 2.75) is 4.90 Å². The summed E-state index contributed by atoms with van der Waals surface area (Å²) in [6.07, 6.45) is 2.56. The normalized spacial score (nSPS) is 14.5. The van der Waals surface area contributed by atoms with E-state index in [1.54, 1.807) is 12.1 Å². The van der Waals surface area contributed by atoms with E-state index in [0.29, 0.717) is 36.9 Å². The quantitative estimate of drug-likeness (QED) is 0.467. The fourth-order valence-corrected chi connectivity index (χ4v) is 4.52. The number of halogens is 1. The van der Waals surface area contributed by atoms with E-state index in [2.05, 4.69) is 5.32 Å². The van der Waals surface area contributed by atoms with E-state index in [1.807, 2.05) is 6.07 Å². The van der Waals surface area contributed by atoms with Crippen LogP contribution < -0.4 is 5.32 Å². The highest BCUT2D eigenvalue weighted by Gasteiger charge is 2.25. The molecule has 2 aromatic carbocycles. The second-order valence-electron chi connectivity index (χ2n) is 6.88. The molecule has 0 radical (unpaired) electrons. The minimum absolute atomic E-state index is 0.151. The predicted octanol–water partition coefficient (Wildman–Crippen LogP) is 2.43. The molecule has 9 nitrogen and oxygen atoms in total. The topological polar surface area (TPSA) is 126 Å². The van der Waals surface area contributed by atoms with Crippen LogP contribution in [0.25, 0.3) is 6.08 Å². The fourth-order valence-electron chi connectivity index (χ4n) is 2.94.